The molecule has 1 saturated heterocycles. The first-order valence-electron chi connectivity index (χ1n) is 9.49. The molecule has 0 atom stereocenters. The van der Waals surface area contributed by atoms with Gasteiger partial charge >= 0.3 is 0 Å². The Morgan fingerprint density at radius 1 is 1.25 bits per heavy atom. The summed E-state index contributed by atoms with van der Waals surface area (Å²) in [7, 11) is 1.76. The minimum atomic E-state index is -0.149. The van der Waals surface area contributed by atoms with Gasteiger partial charge in [-0.1, -0.05) is 55.6 Å². The second kappa shape index (κ2) is 7.08. The van der Waals surface area contributed by atoms with Crippen molar-refractivity contribution in [2.45, 2.75) is 33.1 Å². The minimum absolute atomic E-state index is 0.149. The number of hydrogen-bond acceptors (Lipinski definition) is 4. The number of rotatable bonds is 3. The minimum Gasteiger partial charge on any atom is -0.342 e. The van der Waals surface area contributed by atoms with Crippen LogP contribution in [0.3, 0.4) is 0 Å². The Bertz CT molecular complexity index is 1100. The molecular formula is C20H23Cl2N5O. The Morgan fingerprint density at radius 3 is 2.64 bits per heavy atom. The second-order valence-electron chi connectivity index (χ2n) is 7.83. The second-order valence-corrected chi connectivity index (χ2v) is 8.61. The number of H-pyrrole nitrogens is 1. The smallest absolute Gasteiger partial charge is 0.266 e. The van der Waals surface area contributed by atoms with Gasteiger partial charge in [-0.2, -0.15) is 10.1 Å². The molecule has 3 heterocycles. The Labute approximate surface area is 173 Å². The summed E-state index contributed by atoms with van der Waals surface area (Å²) >= 11 is 12.5. The zero-order chi connectivity index (χ0) is 20.1. The SMILES string of the molecule is CCC1(C)CCN(c2nc3n[nH]c(-c4cccc(Cl)c4Cl)c3c(=O)n2C)CC1. The van der Waals surface area contributed by atoms with Gasteiger partial charge in [0, 0.05) is 25.7 Å². The van der Waals surface area contributed by atoms with Crippen molar-refractivity contribution in [1.82, 2.24) is 19.7 Å². The Kier molecular flexibility index (Phi) is 4.88. The van der Waals surface area contributed by atoms with Crippen molar-refractivity contribution in [1.29, 1.82) is 0 Å². The molecule has 1 fully saturated rings. The maximum Gasteiger partial charge on any atom is 0.266 e. The molecule has 2 aromatic heterocycles. The quantitative estimate of drug-likeness (QED) is 0.670. The van der Waals surface area contributed by atoms with Crippen LogP contribution in [0, 0.1) is 5.41 Å². The lowest BCUT2D eigenvalue weighted by molar-refractivity contribution is 0.236. The molecule has 4 rings (SSSR count). The maximum atomic E-state index is 13.2. The third kappa shape index (κ3) is 3.08. The number of halogens is 2. The van der Waals surface area contributed by atoms with Crippen molar-refractivity contribution >= 4 is 40.2 Å². The monoisotopic (exact) mass is 419 g/mol. The summed E-state index contributed by atoms with van der Waals surface area (Å²) in [6, 6.07) is 5.31. The highest BCUT2D eigenvalue weighted by molar-refractivity contribution is 6.43. The van der Waals surface area contributed by atoms with E-state index in [0.29, 0.717) is 43.7 Å². The summed E-state index contributed by atoms with van der Waals surface area (Å²) in [5.41, 5.74) is 1.79. The van der Waals surface area contributed by atoms with Gasteiger partial charge in [0.05, 0.1) is 15.7 Å². The van der Waals surface area contributed by atoms with Gasteiger partial charge in [0.25, 0.3) is 5.56 Å². The third-order valence-electron chi connectivity index (χ3n) is 6.10. The van der Waals surface area contributed by atoms with Crippen molar-refractivity contribution in [3.8, 4) is 11.3 Å². The lowest BCUT2D eigenvalue weighted by Gasteiger charge is -2.39. The fourth-order valence-electron chi connectivity index (χ4n) is 3.82. The number of anilines is 1. The van der Waals surface area contributed by atoms with Gasteiger partial charge in [0.2, 0.25) is 5.95 Å². The van der Waals surface area contributed by atoms with Gasteiger partial charge in [-0.25, -0.2) is 0 Å². The third-order valence-corrected chi connectivity index (χ3v) is 6.92. The van der Waals surface area contributed by atoms with Crippen molar-refractivity contribution < 1.29 is 0 Å². The molecule has 8 heteroatoms. The molecule has 1 aliphatic rings. The van der Waals surface area contributed by atoms with Crippen LogP contribution >= 0.6 is 23.2 Å². The van der Waals surface area contributed by atoms with E-state index in [1.807, 2.05) is 6.07 Å². The highest BCUT2D eigenvalue weighted by atomic mass is 35.5. The molecule has 28 heavy (non-hydrogen) atoms. The summed E-state index contributed by atoms with van der Waals surface area (Å²) < 4.78 is 1.61. The van der Waals surface area contributed by atoms with Crippen LogP contribution in [-0.4, -0.2) is 32.8 Å². The highest BCUT2D eigenvalue weighted by Gasteiger charge is 2.30. The van der Waals surface area contributed by atoms with Gasteiger partial charge in [-0.15, -0.1) is 0 Å². The Morgan fingerprint density at radius 2 is 1.96 bits per heavy atom. The number of benzene rings is 1. The van der Waals surface area contributed by atoms with E-state index in [-0.39, 0.29) is 5.56 Å². The van der Waals surface area contributed by atoms with E-state index >= 15 is 0 Å². The van der Waals surface area contributed by atoms with Crippen LogP contribution in [0.4, 0.5) is 5.95 Å². The zero-order valence-electron chi connectivity index (χ0n) is 16.2. The molecule has 0 saturated carbocycles. The molecule has 1 N–H and O–H groups in total. The summed E-state index contributed by atoms with van der Waals surface area (Å²) in [4.78, 5) is 20.1. The largest absolute Gasteiger partial charge is 0.342 e. The van der Waals surface area contributed by atoms with E-state index in [1.54, 1.807) is 23.7 Å². The van der Waals surface area contributed by atoms with E-state index in [2.05, 4.69) is 28.9 Å². The van der Waals surface area contributed by atoms with Crippen molar-refractivity contribution in [2.24, 2.45) is 12.5 Å². The van der Waals surface area contributed by atoms with Crippen LogP contribution in [0.2, 0.25) is 10.0 Å². The Hall–Kier alpha value is -2.05. The van der Waals surface area contributed by atoms with Crippen molar-refractivity contribution in [3.05, 3.63) is 38.6 Å². The predicted octanol–water partition coefficient (Wildman–Crippen LogP) is 4.65. The van der Waals surface area contributed by atoms with Gasteiger partial charge in [0.1, 0.15) is 5.39 Å². The Balaban J connectivity index is 1.79. The molecule has 6 nitrogen and oxygen atoms in total. The van der Waals surface area contributed by atoms with E-state index < -0.39 is 0 Å². The van der Waals surface area contributed by atoms with Gasteiger partial charge in [-0.3, -0.25) is 14.5 Å². The highest BCUT2D eigenvalue weighted by Crippen LogP contribution is 2.36. The fraction of sp³-hybridized carbons (Fsp3) is 0.450. The topological polar surface area (TPSA) is 66.8 Å². The van der Waals surface area contributed by atoms with E-state index in [0.717, 1.165) is 32.4 Å². The first-order valence-corrected chi connectivity index (χ1v) is 10.2. The summed E-state index contributed by atoms with van der Waals surface area (Å²) in [5, 5.41) is 8.45. The molecule has 0 amide bonds. The molecule has 0 unspecified atom stereocenters. The molecular weight excluding hydrogens is 397 g/mol. The molecule has 148 valence electrons. The fourth-order valence-corrected chi connectivity index (χ4v) is 4.21. The number of aromatic nitrogens is 4. The molecule has 1 aromatic carbocycles. The summed E-state index contributed by atoms with van der Waals surface area (Å²) in [6.07, 6.45) is 3.33. The zero-order valence-corrected chi connectivity index (χ0v) is 17.7. The molecule has 0 bridgehead atoms. The van der Waals surface area contributed by atoms with Gasteiger partial charge in [0.15, 0.2) is 5.65 Å². The van der Waals surface area contributed by atoms with E-state index in [4.69, 9.17) is 28.2 Å². The molecule has 0 radical (unpaired) electrons. The van der Waals surface area contributed by atoms with E-state index in [1.165, 1.54) is 0 Å². The van der Waals surface area contributed by atoms with Crippen molar-refractivity contribution in [3.63, 3.8) is 0 Å². The van der Waals surface area contributed by atoms with Crippen LogP contribution in [0.1, 0.15) is 33.1 Å². The lowest BCUT2D eigenvalue weighted by Crippen LogP contribution is -2.41. The summed E-state index contributed by atoms with van der Waals surface area (Å²) in [5.74, 6) is 0.658. The van der Waals surface area contributed by atoms with Crippen LogP contribution in [0.5, 0.6) is 0 Å². The number of piperidine rings is 1. The number of nitrogens with one attached hydrogen (secondary N) is 1. The number of fused-ring (bicyclic) bond motifs is 1. The first-order chi connectivity index (χ1) is 13.3. The van der Waals surface area contributed by atoms with Crippen LogP contribution in [0.25, 0.3) is 22.3 Å². The molecule has 0 aliphatic carbocycles. The molecule has 3 aromatic rings. The normalized spacial score (nSPS) is 16.7. The van der Waals surface area contributed by atoms with Gasteiger partial charge in [-0.05, 0) is 24.3 Å². The van der Waals surface area contributed by atoms with Gasteiger partial charge < -0.3 is 4.90 Å². The average Bonchev–Trinajstić information content (AvgIpc) is 3.11. The average molecular weight is 420 g/mol. The predicted molar refractivity (Wildman–Crippen MR) is 114 cm³/mol. The van der Waals surface area contributed by atoms with Crippen LogP contribution in [-0.2, 0) is 7.05 Å². The number of aromatic amines is 1. The summed E-state index contributed by atoms with van der Waals surface area (Å²) in [6.45, 7) is 6.33. The van der Waals surface area contributed by atoms with Crippen LogP contribution < -0.4 is 10.5 Å². The first kappa shape index (κ1) is 19.3. The molecule has 1 aliphatic heterocycles. The number of nitrogens with zero attached hydrogens (tertiary/aromatic N) is 4. The molecule has 0 spiro atoms. The van der Waals surface area contributed by atoms with E-state index in [9.17, 15) is 4.79 Å². The lowest BCUT2D eigenvalue weighted by atomic mass is 9.78. The number of hydrogen-bond donors (Lipinski definition) is 1. The van der Waals surface area contributed by atoms with Crippen LogP contribution in [0.15, 0.2) is 23.0 Å². The maximum absolute atomic E-state index is 13.2. The standard InChI is InChI=1S/C20H23Cl2N5O/c1-4-20(2)8-10-27(11-9-20)19-23-17-14(18(28)26(19)3)16(24-25-17)12-6-5-7-13(21)15(12)22/h5-7H,4,8-11H2,1-3H3,(H,24,25). The van der Waals surface area contributed by atoms with Crippen molar-refractivity contribution in [2.75, 3.05) is 18.0 Å².